The number of amidine groups is 1. The molecule has 1 amide bonds. The molecule has 0 atom stereocenters. The van der Waals surface area contributed by atoms with Crippen LogP contribution in [0.3, 0.4) is 0 Å². The first-order valence-electron chi connectivity index (χ1n) is 7.46. The lowest BCUT2D eigenvalue weighted by atomic mass is 10.2. The van der Waals surface area contributed by atoms with Crippen LogP contribution in [0.1, 0.15) is 12.5 Å². The van der Waals surface area contributed by atoms with E-state index in [0.717, 1.165) is 11.3 Å². The van der Waals surface area contributed by atoms with Gasteiger partial charge in [-0.25, -0.2) is 4.99 Å². The summed E-state index contributed by atoms with van der Waals surface area (Å²) >= 11 is 1.24. The number of carbonyl (C=O) groups is 1. The van der Waals surface area contributed by atoms with Crippen LogP contribution in [-0.2, 0) is 4.79 Å². The number of amides is 1. The zero-order chi connectivity index (χ0) is 16.9. The maximum absolute atomic E-state index is 12.1. The molecule has 1 saturated heterocycles. The highest BCUT2D eigenvalue weighted by Crippen LogP contribution is 2.31. The first-order chi connectivity index (χ1) is 11.7. The molecule has 0 unspecified atom stereocenters. The zero-order valence-electron chi connectivity index (χ0n) is 13.0. The maximum atomic E-state index is 12.1. The van der Waals surface area contributed by atoms with E-state index in [9.17, 15) is 9.90 Å². The Hall–Kier alpha value is -2.73. The number of rotatable bonds is 4. The van der Waals surface area contributed by atoms with Crippen molar-refractivity contribution in [2.75, 3.05) is 6.61 Å². The summed E-state index contributed by atoms with van der Waals surface area (Å²) in [5.74, 6) is 0.664. The normalized spacial score (nSPS) is 17.3. The van der Waals surface area contributed by atoms with Gasteiger partial charge in [0.05, 0.1) is 11.5 Å². The molecule has 122 valence electrons. The summed E-state index contributed by atoms with van der Waals surface area (Å²) < 4.78 is 5.40. The molecular formula is C18H16N2O3S. The number of aromatic hydroxyl groups is 1. The lowest BCUT2D eigenvalue weighted by Gasteiger charge is -2.02. The number of hydrogen-bond donors (Lipinski definition) is 2. The van der Waals surface area contributed by atoms with Crippen molar-refractivity contribution in [1.82, 2.24) is 5.32 Å². The van der Waals surface area contributed by atoms with Crippen LogP contribution in [0.25, 0.3) is 6.08 Å². The number of phenols is 1. The number of nitrogens with one attached hydrogen (secondary N) is 1. The predicted octanol–water partition coefficient (Wildman–Crippen LogP) is 3.68. The van der Waals surface area contributed by atoms with Gasteiger partial charge in [-0.1, -0.05) is 24.3 Å². The summed E-state index contributed by atoms with van der Waals surface area (Å²) in [6, 6.07) is 14.2. The number of hydrogen-bond acceptors (Lipinski definition) is 5. The number of carbonyl (C=O) groups excluding carboxylic acids is 1. The number of thioether (sulfide) groups is 1. The second-order valence-electron chi connectivity index (χ2n) is 4.97. The molecule has 1 aliphatic rings. The van der Waals surface area contributed by atoms with Crippen LogP contribution in [0, 0.1) is 0 Å². The Morgan fingerprint density at radius 2 is 1.96 bits per heavy atom. The Labute approximate surface area is 144 Å². The van der Waals surface area contributed by atoms with E-state index in [1.165, 1.54) is 11.8 Å². The van der Waals surface area contributed by atoms with Gasteiger partial charge in [-0.2, -0.15) is 0 Å². The van der Waals surface area contributed by atoms with Crippen molar-refractivity contribution in [2.45, 2.75) is 6.92 Å². The van der Waals surface area contributed by atoms with Crippen molar-refractivity contribution in [1.29, 1.82) is 0 Å². The lowest BCUT2D eigenvalue weighted by molar-refractivity contribution is -0.115. The highest BCUT2D eigenvalue weighted by molar-refractivity contribution is 8.18. The van der Waals surface area contributed by atoms with E-state index in [1.807, 2.05) is 31.2 Å². The third kappa shape index (κ3) is 3.78. The minimum atomic E-state index is -0.206. The van der Waals surface area contributed by atoms with E-state index in [-0.39, 0.29) is 11.7 Å². The summed E-state index contributed by atoms with van der Waals surface area (Å²) in [5, 5.41) is 12.9. The molecule has 5 nitrogen and oxygen atoms in total. The maximum Gasteiger partial charge on any atom is 0.264 e. The van der Waals surface area contributed by atoms with Crippen LogP contribution in [0.4, 0.5) is 5.69 Å². The first kappa shape index (κ1) is 16.1. The standard InChI is InChI=1S/C18H16N2O3S/c1-2-23-13-9-7-12(8-10-13)11-16-17(22)20-18(24-16)19-14-5-3-4-6-15(14)21/h3-11,21H,2H2,1H3,(H,19,20,22)/b16-11+. The van der Waals surface area contributed by atoms with Crippen molar-refractivity contribution in [3.05, 3.63) is 59.0 Å². The molecule has 1 aliphatic heterocycles. The topological polar surface area (TPSA) is 70.9 Å². The average Bonchev–Trinajstić information content (AvgIpc) is 2.91. The Bertz CT molecular complexity index is 813. The van der Waals surface area contributed by atoms with Crippen LogP contribution >= 0.6 is 11.8 Å². The second-order valence-corrected chi connectivity index (χ2v) is 6.00. The molecule has 0 aromatic heterocycles. The van der Waals surface area contributed by atoms with Crippen LogP contribution in [0.15, 0.2) is 58.4 Å². The molecule has 6 heteroatoms. The number of nitrogens with zero attached hydrogens (tertiary/aromatic N) is 1. The smallest absolute Gasteiger partial charge is 0.264 e. The number of phenolic OH excluding ortho intramolecular Hbond substituents is 1. The molecule has 0 bridgehead atoms. The molecule has 3 rings (SSSR count). The third-order valence-corrected chi connectivity index (χ3v) is 4.15. The van der Waals surface area contributed by atoms with Crippen LogP contribution in [0.2, 0.25) is 0 Å². The van der Waals surface area contributed by atoms with Crippen LogP contribution in [0.5, 0.6) is 11.5 Å². The Kier molecular flexibility index (Phi) is 4.86. The van der Waals surface area contributed by atoms with Crippen molar-refractivity contribution in [2.24, 2.45) is 4.99 Å². The summed E-state index contributed by atoms with van der Waals surface area (Å²) in [6.07, 6.45) is 1.79. The van der Waals surface area contributed by atoms with Gasteiger partial charge < -0.3 is 15.2 Å². The SMILES string of the molecule is CCOc1ccc(/C=C2/SC(=Nc3ccccc3O)NC2=O)cc1. The van der Waals surface area contributed by atoms with Gasteiger partial charge in [-0.3, -0.25) is 4.79 Å². The van der Waals surface area contributed by atoms with E-state index >= 15 is 0 Å². The quantitative estimate of drug-likeness (QED) is 0.833. The molecule has 1 fully saturated rings. The summed E-state index contributed by atoms with van der Waals surface area (Å²) in [4.78, 5) is 16.9. The van der Waals surface area contributed by atoms with Crippen LogP contribution in [-0.4, -0.2) is 22.8 Å². The van der Waals surface area contributed by atoms with Crippen LogP contribution < -0.4 is 10.1 Å². The monoisotopic (exact) mass is 340 g/mol. The molecule has 0 spiro atoms. The molecule has 0 radical (unpaired) electrons. The third-order valence-electron chi connectivity index (χ3n) is 3.24. The molecule has 2 aromatic carbocycles. The zero-order valence-corrected chi connectivity index (χ0v) is 13.8. The summed E-state index contributed by atoms with van der Waals surface area (Å²) in [6.45, 7) is 2.55. The largest absolute Gasteiger partial charge is 0.506 e. The molecule has 1 heterocycles. The van der Waals surface area contributed by atoms with Crippen molar-refractivity contribution in [3.8, 4) is 11.5 Å². The molecule has 0 saturated carbocycles. The lowest BCUT2D eigenvalue weighted by Crippen LogP contribution is -2.19. The summed E-state index contributed by atoms with van der Waals surface area (Å²) in [5.41, 5.74) is 1.32. The minimum Gasteiger partial charge on any atom is -0.506 e. The van der Waals surface area contributed by atoms with Gasteiger partial charge in [-0.15, -0.1) is 0 Å². The van der Waals surface area contributed by atoms with Gasteiger partial charge in [-0.05, 0) is 54.6 Å². The van der Waals surface area contributed by atoms with Crippen molar-refractivity contribution in [3.63, 3.8) is 0 Å². The minimum absolute atomic E-state index is 0.0730. The van der Waals surface area contributed by atoms with Gasteiger partial charge >= 0.3 is 0 Å². The number of benzene rings is 2. The Morgan fingerprint density at radius 1 is 1.21 bits per heavy atom. The van der Waals surface area contributed by atoms with Gasteiger partial charge in [0, 0.05) is 0 Å². The Balaban J connectivity index is 1.78. The highest BCUT2D eigenvalue weighted by atomic mass is 32.2. The molecule has 2 aromatic rings. The average molecular weight is 340 g/mol. The second kappa shape index (κ2) is 7.23. The first-order valence-corrected chi connectivity index (χ1v) is 8.28. The fourth-order valence-electron chi connectivity index (χ4n) is 2.13. The fraction of sp³-hybridized carbons (Fsp3) is 0.111. The van der Waals surface area contributed by atoms with Gasteiger partial charge in [0.2, 0.25) is 0 Å². The van der Waals surface area contributed by atoms with Gasteiger partial charge in [0.15, 0.2) is 5.17 Å². The van der Waals surface area contributed by atoms with E-state index in [2.05, 4.69) is 10.3 Å². The summed E-state index contributed by atoms with van der Waals surface area (Å²) in [7, 11) is 0. The van der Waals surface area contributed by atoms with E-state index in [4.69, 9.17) is 4.74 Å². The van der Waals surface area contributed by atoms with Crippen molar-refractivity contribution >= 4 is 34.6 Å². The molecule has 2 N–H and O–H groups in total. The van der Waals surface area contributed by atoms with Crippen molar-refractivity contribution < 1.29 is 14.6 Å². The van der Waals surface area contributed by atoms with Gasteiger partial charge in [0.25, 0.3) is 5.91 Å². The predicted molar refractivity (Wildman–Crippen MR) is 96.5 cm³/mol. The van der Waals surface area contributed by atoms with Gasteiger partial charge in [0.1, 0.15) is 17.2 Å². The van der Waals surface area contributed by atoms with E-state index in [0.29, 0.717) is 22.4 Å². The van der Waals surface area contributed by atoms with E-state index < -0.39 is 0 Å². The molecule has 0 aliphatic carbocycles. The molecular weight excluding hydrogens is 324 g/mol. The fourth-order valence-corrected chi connectivity index (χ4v) is 2.96. The Morgan fingerprint density at radius 3 is 2.67 bits per heavy atom. The number of para-hydroxylation sites is 2. The van der Waals surface area contributed by atoms with E-state index in [1.54, 1.807) is 30.3 Å². The highest BCUT2D eigenvalue weighted by Gasteiger charge is 2.24. The molecule has 24 heavy (non-hydrogen) atoms. The number of aliphatic imine (C=N–C) groups is 1. The number of ether oxygens (including phenoxy) is 1.